The smallest absolute Gasteiger partial charge is 0.318 e. The molecule has 1 aliphatic rings. The van der Waals surface area contributed by atoms with Gasteiger partial charge in [-0.2, -0.15) is 0 Å². The van der Waals surface area contributed by atoms with Gasteiger partial charge < -0.3 is 10.0 Å². The van der Waals surface area contributed by atoms with E-state index in [2.05, 4.69) is 6.92 Å². The monoisotopic (exact) mass is 217 g/mol. The zero-order chi connectivity index (χ0) is 10.6. The van der Waals surface area contributed by atoms with E-state index in [1.165, 1.54) is 11.8 Å². The Labute approximate surface area is 87.7 Å². The molecule has 0 saturated carbocycles. The second-order valence-corrected chi connectivity index (χ2v) is 4.52. The molecule has 1 amide bonds. The summed E-state index contributed by atoms with van der Waals surface area (Å²) in [5.41, 5.74) is 0. The van der Waals surface area contributed by atoms with Gasteiger partial charge in [-0.25, -0.2) is 0 Å². The highest BCUT2D eigenvalue weighted by Crippen LogP contribution is 2.19. The molecule has 14 heavy (non-hydrogen) atoms. The maximum Gasteiger partial charge on any atom is 0.318 e. The summed E-state index contributed by atoms with van der Waals surface area (Å²) < 4.78 is 0. The number of carboxylic acids is 1. The van der Waals surface area contributed by atoms with E-state index >= 15 is 0 Å². The van der Waals surface area contributed by atoms with Crippen LogP contribution in [0.25, 0.3) is 0 Å². The lowest BCUT2D eigenvalue weighted by Crippen LogP contribution is -2.45. The van der Waals surface area contributed by atoms with Gasteiger partial charge in [0.2, 0.25) is 5.91 Å². The normalized spacial score (nSPS) is 22.5. The number of hydrogen-bond acceptors (Lipinski definition) is 3. The maximum atomic E-state index is 11.4. The largest absolute Gasteiger partial charge is 0.480 e. The number of unbranched alkanes of at least 4 members (excludes halogenated alkanes) is 1. The van der Waals surface area contributed by atoms with Crippen molar-refractivity contribution in [2.24, 2.45) is 0 Å². The molecule has 1 unspecified atom stereocenters. The second kappa shape index (κ2) is 5.24. The maximum absolute atomic E-state index is 11.4. The van der Waals surface area contributed by atoms with Gasteiger partial charge in [-0.3, -0.25) is 9.59 Å². The average molecular weight is 217 g/mol. The van der Waals surface area contributed by atoms with E-state index in [0.717, 1.165) is 12.8 Å². The van der Waals surface area contributed by atoms with Gasteiger partial charge >= 0.3 is 5.97 Å². The van der Waals surface area contributed by atoms with Crippen molar-refractivity contribution in [3.63, 3.8) is 0 Å². The van der Waals surface area contributed by atoms with Crippen LogP contribution in [0.5, 0.6) is 0 Å². The van der Waals surface area contributed by atoms with Crippen LogP contribution in [0.1, 0.15) is 19.8 Å². The molecule has 5 heteroatoms. The summed E-state index contributed by atoms with van der Waals surface area (Å²) in [4.78, 5) is 23.8. The van der Waals surface area contributed by atoms with E-state index in [1.54, 1.807) is 4.90 Å². The molecule has 1 N–H and O–H groups in total. The van der Waals surface area contributed by atoms with E-state index in [1.807, 2.05) is 0 Å². The molecular weight excluding hydrogens is 202 g/mol. The third-order valence-corrected chi connectivity index (χ3v) is 3.37. The molecule has 0 aromatic heterocycles. The fraction of sp³-hybridized carbons (Fsp3) is 0.778. The molecule has 0 spiro atoms. The van der Waals surface area contributed by atoms with Crippen LogP contribution in [0, 0.1) is 0 Å². The van der Waals surface area contributed by atoms with E-state index in [0.29, 0.717) is 18.8 Å². The number of hydrogen-bond donors (Lipinski definition) is 1. The first-order valence-corrected chi connectivity index (χ1v) is 5.82. The van der Waals surface area contributed by atoms with Gasteiger partial charge in [-0.15, -0.1) is 11.8 Å². The van der Waals surface area contributed by atoms with Gasteiger partial charge in [0.25, 0.3) is 0 Å². The van der Waals surface area contributed by atoms with Gasteiger partial charge in [0.05, 0.1) is 5.75 Å². The van der Waals surface area contributed by atoms with Crippen molar-refractivity contribution in [3.05, 3.63) is 0 Å². The molecule has 0 aliphatic carbocycles. The van der Waals surface area contributed by atoms with Gasteiger partial charge in [-0.05, 0) is 6.42 Å². The van der Waals surface area contributed by atoms with Crippen LogP contribution in [0.2, 0.25) is 0 Å². The number of aliphatic carboxylic acids is 1. The third kappa shape index (κ3) is 2.90. The highest BCUT2D eigenvalue weighted by molar-refractivity contribution is 8.01. The first-order valence-electron chi connectivity index (χ1n) is 4.77. The summed E-state index contributed by atoms with van der Waals surface area (Å²) in [6.07, 6.45) is 1.97. The lowest BCUT2D eigenvalue weighted by Gasteiger charge is -2.30. The molecule has 80 valence electrons. The second-order valence-electron chi connectivity index (χ2n) is 3.33. The highest BCUT2D eigenvalue weighted by atomic mass is 32.2. The van der Waals surface area contributed by atoms with E-state index in [4.69, 9.17) is 5.11 Å². The Hall–Kier alpha value is -0.710. The predicted octanol–water partition coefficient (Wildman–Crippen LogP) is 0.815. The summed E-state index contributed by atoms with van der Waals surface area (Å²) in [5, 5.41) is 8.37. The first kappa shape index (κ1) is 11.4. The van der Waals surface area contributed by atoms with Crippen LogP contribution >= 0.6 is 11.8 Å². The van der Waals surface area contributed by atoms with Crippen molar-refractivity contribution in [2.75, 3.05) is 18.8 Å². The molecular formula is C9H15NO3S. The van der Waals surface area contributed by atoms with E-state index in [9.17, 15) is 9.59 Å². The summed E-state index contributed by atoms with van der Waals surface area (Å²) in [5.74, 6) is -0.439. The van der Waals surface area contributed by atoms with Gasteiger partial charge in [0.15, 0.2) is 0 Å². The number of amides is 1. The van der Waals surface area contributed by atoms with Crippen molar-refractivity contribution in [1.29, 1.82) is 0 Å². The van der Waals surface area contributed by atoms with Crippen LogP contribution in [-0.4, -0.2) is 46.0 Å². The topological polar surface area (TPSA) is 57.6 Å². The van der Waals surface area contributed by atoms with Crippen molar-refractivity contribution >= 4 is 23.6 Å². The Morgan fingerprint density at radius 2 is 2.43 bits per heavy atom. The van der Waals surface area contributed by atoms with Crippen LogP contribution < -0.4 is 0 Å². The minimum absolute atomic E-state index is 0.0703. The Balaban J connectivity index is 2.46. The Morgan fingerprint density at radius 1 is 1.71 bits per heavy atom. The lowest BCUT2D eigenvalue weighted by molar-refractivity contribution is -0.138. The summed E-state index contributed by atoms with van der Waals surface area (Å²) in [7, 11) is 0. The minimum Gasteiger partial charge on any atom is -0.480 e. The van der Waals surface area contributed by atoms with Gasteiger partial charge in [0.1, 0.15) is 5.25 Å². The fourth-order valence-corrected chi connectivity index (χ4v) is 2.29. The molecule has 0 aromatic rings. The molecule has 1 saturated heterocycles. The van der Waals surface area contributed by atoms with E-state index < -0.39 is 11.2 Å². The van der Waals surface area contributed by atoms with Crippen molar-refractivity contribution in [2.45, 2.75) is 25.0 Å². The number of rotatable bonds is 4. The lowest BCUT2D eigenvalue weighted by atomic mass is 10.3. The van der Waals surface area contributed by atoms with E-state index in [-0.39, 0.29) is 5.91 Å². The molecule has 1 rings (SSSR count). The van der Waals surface area contributed by atoms with Gasteiger partial charge in [0, 0.05) is 13.1 Å². The summed E-state index contributed by atoms with van der Waals surface area (Å²) in [6, 6.07) is 0. The third-order valence-electron chi connectivity index (χ3n) is 2.20. The average Bonchev–Trinajstić information content (AvgIpc) is 2.16. The van der Waals surface area contributed by atoms with Crippen LogP contribution in [0.4, 0.5) is 0 Å². The number of carbonyl (C=O) groups excluding carboxylic acids is 1. The summed E-state index contributed by atoms with van der Waals surface area (Å²) >= 11 is 1.23. The van der Waals surface area contributed by atoms with Crippen LogP contribution in [0.15, 0.2) is 0 Å². The van der Waals surface area contributed by atoms with Crippen molar-refractivity contribution < 1.29 is 14.7 Å². The van der Waals surface area contributed by atoms with Gasteiger partial charge in [-0.1, -0.05) is 13.3 Å². The van der Waals surface area contributed by atoms with Crippen LogP contribution in [-0.2, 0) is 9.59 Å². The molecule has 0 aromatic carbocycles. The molecule has 0 radical (unpaired) electrons. The zero-order valence-corrected chi connectivity index (χ0v) is 9.05. The molecule has 0 bridgehead atoms. The Bertz CT molecular complexity index is 232. The molecule has 1 atom stereocenters. The number of thioether (sulfide) groups is 1. The molecule has 1 fully saturated rings. The molecule has 4 nitrogen and oxygen atoms in total. The van der Waals surface area contributed by atoms with Crippen LogP contribution in [0.3, 0.4) is 0 Å². The number of carboxylic acid groups (broad SMARTS) is 1. The quantitative estimate of drug-likeness (QED) is 0.757. The SMILES string of the molecule is CCCCN1CC(C(=O)O)SCC1=O. The molecule has 1 aliphatic heterocycles. The molecule has 1 heterocycles. The van der Waals surface area contributed by atoms with Crippen molar-refractivity contribution in [3.8, 4) is 0 Å². The minimum atomic E-state index is -0.816. The summed E-state index contributed by atoms with van der Waals surface area (Å²) in [6.45, 7) is 3.11. The highest BCUT2D eigenvalue weighted by Gasteiger charge is 2.29. The Morgan fingerprint density at radius 3 is 3.00 bits per heavy atom. The first-order chi connectivity index (χ1) is 6.65. The number of carbonyl (C=O) groups is 2. The zero-order valence-electron chi connectivity index (χ0n) is 8.23. The predicted molar refractivity (Wildman–Crippen MR) is 55.4 cm³/mol. The Kier molecular flexibility index (Phi) is 4.25. The number of nitrogens with zero attached hydrogens (tertiary/aromatic N) is 1. The fourth-order valence-electron chi connectivity index (χ4n) is 1.33. The van der Waals surface area contributed by atoms with Crippen molar-refractivity contribution in [1.82, 2.24) is 4.90 Å². The standard InChI is InChI=1S/C9H15NO3S/c1-2-3-4-10-5-7(9(12)13)14-6-8(10)11/h7H,2-6H2,1H3,(H,12,13).